The predicted octanol–water partition coefficient (Wildman–Crippen LogP) is 4.78. The third kappa shape index (κ3) is 5.23. The number of thiophene rings is 1. The molecule has 5 nitrogen and oxygen atoms in total. The van der Waals surface area contributed by atoms with Crippen LogP contribution in [-0.2, 0) is 22.0 Å². The lowest BCUT2D eigenvalue weighted by molar-refractivity contribution is -0.258. The molecule has 2 atom stereocenters. The van der Waals surface area contributed by atoms with Crippen molar-refractivity contribution in [3.8, 4) is 0 Å². The van der Waals surface area contributed by atoms with Crippen LogP contribution in [0.1, 0.15) is 18.1 Å². The van der Waals surface area contributed by atoms with E-state index in [9.17, 15) is 31.1 Å². The van der Waals surface area contributed by atoms with Gasteiger partial charge in [-0.1, -0.05) is 30.3 Å². The Labute approximate surface area is 205 Å². The molecule has 0 saturated carbocycles. The number of sulfonamides is 1. The molecule has 188 valence electrons. The van der Waals surface area contributed by atoms with Gasteiger partial charge >= 0.3 is 6.18 Å². The first-order chi connectivity index (χ1) is 16.4. The Balaban J connectivity index is 1.64. The maximum absolute atomic E-state index is 13.8. The summed E-state index contributed by atoms with van der Waals surface area (Å²) in [5.41, 5.74) is -2.04. The average molecular weight is 529 g/mol. The van der Waals surface area contributed by atoms with Crippen molar-refractivity contribution >= 4 is 27.0 Å². The Morgan fingerprint density at radius 3 is 2.37 bits per heavy atom. The van der Waals surface area contributed by atoms with E-state index in [-0.39, 0.29) is 22.9 Å². The molecule has 0 bridgehead atoms. The van der Waals surface area contributed by atoms with E-state index in [1.165, 1.54) is 40.7 Å². The minimum Gasteiger partial charge on any atom is -0.376 e. The fourth-order valence-electron chi connectivity index (χ4n) is 4.17. The summed E-state index contributed by atoms with van der Waals surface area (Å²) < 4.78 is 81.4. The molecular formula is C24H24F4N2O3S2. The fraction of sp³-hybridized carbons (Fsp3) is 0.333. The number of hydrogen-bond acceptors (Lipinski definition) is 5. The van der Waals surface area contributed by atoms with Gasteiger partial charge < -0.3 is 10.0 Å². The van der Waals surface area contributed by atoms with E-state index in [1.807, 2.05) is 4.90 Å². The van der Waals surface area contributed by atoms with Crippen LogP contribution in [0.5, 0.6) is 0 Å². The van der Waals surface area contributed by atoms with Crippen molar-refractivity contribution in [1.29, 1.82) is 0 Å². The summed E-state index contributed by atoms with van der Waals surface area (Å²) >= 11 is 1.13. The van der Waals surface area contributed by atoms with E-state index in [2.05, 4.69) is 0 Å². The molecule has 0 spiro atoms. The second kappa shape index (κ2) is 9.53. The molecule has 11 heteroatoms. The second-order valence-electron chi connectivity index (χ2n) is 8.59. The Hall–Kier alpha value is -2.47. The van der Waals surface area contributed by atoms with Gasteiger partial charge in [-0.2, -0.15) is 17.5 Å². The normalized spacial score (nSPS) is 19.5. The van der Waals surface area contributed by atoms with E-state index in [1.54, 1.807) is 29.6 Å². The molecule has 1 fully saturated rings. The largest absolute Gasteiger partial charge is 0.421 e. The van der Waals surface area contributed by atoms with Gasteiger partial charge in [0, 0.05) is 31.4 Å². The summed E-state index contributed by atoms with van der Waals surface area (Å²) in [4.78, 5) is 1.91. The molecule has 2 aromatic carbocycles. The SMILES string of the molecule is CC(O)(c1ccc(N2CCN(S(=O)(=O)c3cccs3)C[C@H]2Cc2cccc(F)c2)cc1)C(F)(F)F. The molecule has 0 aliphatic carbocycles. The number of nitrogens with zero attached hydrogens (tertiary/aromatic N) is 2. The van der Waals surface area contributed by atoms with Crippen LogP contribution in [0.25, 0.3) is 0 Å². The lowest BCUT2D eigenvalue weighted by Gasteiger charge is -2.42. The van der Waals surface area contributed by atoms with Gasteiger partial charge in [0.2, 0.25) is 0 Å². The molecule has 1 aliphatic heterocycles. The summed E-state index contributed by atoms with van der Waals surface area (Å²) in [5, 5.41) is 11.6. The molecule has 1 aliphatic rings. The van der Waals surface area contributed by atoms with E-state index in [0.29, 0.717) is 31.1 Å². The first-order valence-corrected chi connectivity index (χ1v) is 13.2. The van der Waals surface area contributed by atoms with Crippen LogP contribution in [0.15, 0.2) is 70.3 Å². The van der Waals surface area contributed by atoms with E-state index < -0.39 is 33.7 Å². The third-order valence-corrected chi connectivity index (χ3v) is 9.45. The van der Waals surface area contributed by atoms with Crippen LogP contribution in [0, 0.1) is 5.82 Å². The smallest absolute Gasteiger partial charge is 0.376 e. The van der Waals surface area contributed by atoms with Gasteiger partial charge in [-0.15, -0.1) is 11.3 Å². The molecule has 4 rings (SSSR count). The lowest BCUT2D eigenvalue weighted by Crippen LogP contribution is -2.55. The number of anilines is 1. The Morgan fingerprint density at radius 2 is 1.77 bits per heavy atom. The molecule has 1 N–H and O–H groups in total. The molecule has 0 radical (unpaired) electrons. The minimum atomic E-state index is -4.84. The van der Waals surface area contributed by atoms with Gasteiger partial charge in [-0.05, 0) is 60.2 Å². The van der Waals surface area contributed by atoms with E-state index in [0.717, 1.165) is 11.3 Å². The fourth-order valence-corrected chi connectivity index (χ4v) is 6.79. The summed E-state index contributed by atoms with van der Waals surface area (Å²) in [6.45, 7) is 1.29. The van der Waals surface area contributed by atoms with Crippen molar-refractivity contribution in [3.05, 3.63) is 83.0 Å². The highest BCUT2D eigenvalue weighted by Gasteiger charge is 2.51. The standard InChI is InChI=1S/C24H24F4N2O3S2/c1-23(31,24(26,27)28)18-7-9-20(10-8-18)30-12-11-29(35(32,33)22-6-3-13-34-22)16-21(30)15-17-4-2-5-19(25)14-17/h2-10,13-14,21,31H,11-12,15-16H2,1H3/t21-,23?/m1/s1. The van der Waals surface area contributed by atoms with Crippen molar-refractivity contribution in [2.45, 2.75) is 35.4 Å². The highest BCUT2D eigenvalue weighted by Crippen LogP contribution is 2.39. The summed E-state index contributed by atoms with van der Waals surface area (Å²) in [5.74, 6) is -0.411. The number of alkyl halides is 3. The topological polar surface area (TPSA) is 60.9 Å². The van der Waals surface area contributed by atoms with Crippen molar-refractivity contribution < 1.29 is 31.1 Å². The lowest BCUT2D eigenvalue weighted by atomic mass is 9.94. The van der Waals surface area contributed by atoms with Crippen LogP contribution in [-0.4, -0.2) is 49.7 Å². The summed E-state index contributed by atoms with van der Waals surface area (Å²) in [6, 6.07) is 14.2. The van der Waals surface area contributed by atoms with Gasteiger partial charge in [0.05, 0.1) is 0 Å². The summed E-state index contributed by atoms with van der Waals surface area (Å²) in [6.07, 6.45) is -4.51. The number of hydrogen-bond donors (Lipinski definition) is 1. The maximum Gasteiger partial charge on any atom is 0.421 e. The molecular weight excluding hydrogens is 504 g/mol. The number of piperazine rings is 1. The van der Waals surface area contributed by atoms with Crippen molar-refractivity contribution in [2.24, 2.45) is 0 Å². The van der Waals surface area contributed by atoms with Crippen LogP contribution >= 0.6 is 11.3 Å². The number of aliphatic hydroxyl groups is 1. The molecule has 35 heavy (non-hydrogen) atoms. The number of halogens is 4. The van der Waals surface area contributed by atoms with Crippen LogP contribution in [0.3, 0.4) is 0 Å². The highest BCUT2D eigenvalue weighted by atomic mass is 32.2. The molecule has 1 aromatic heterocycles. The Morgan fingerprint density at radius 1 is 1.06 bits per heavy atom. The Kier molecular flexibility index (Phi) is 6.98. The van der Waals surface area contributed by atoms with Gasteiger partial charge in [0.15, 0.2) is 5.60 Å². The molecule has 1 saturated heterocycles. The van der Waals surface area contributed by atoms with Crippen LogP contribution < -0.4 is 4.90 Å². The average Bonchev–Trinajstić information content (AvgIpc) is 3.34. The van der Waals surface area contributed by atoms with Gasteiger partial charge in [0.1, 0.15) is 10.0 Å². The zero-order valence-electron chi connectivity index (χ0n) is 18.7. The zero-order chi connectivity index (χ0) is 25.4. The predicted molar refractivity (Wildman–Crippen MR) is 126 cm³/mol. The number of benzene rings is 2. The van der Waals surface area contributed by atoms with Crippen molar-refractivity contribution in [1.82, 2.24) is 4.31 Å². The van der Waals surface area contributed by atoms with Crippen LogP contribution in [0.2, 0.25) is 0 Å². The second-order valence-corrected chi connectivity index (χ2v) is 11.7. The monoisotopic (exact) mass is 528 g/mol. The van der Waals surface area contributed by atoms with Gasteiger partial charge in [-0.3, -0.25) is 0 Å². The maximum atomic E-state index is 13.8. The highest BCUT2D eigenvalue weighted by molar-refractivity contribution is 7.91. The molecule has 2 heterocycles. The van der Waals surface area contributed by atoms with Gasteiger partial charge in [0.25, 0.3) is 10.0 Å². The molecule has 1 unspecified atom stereocenters. The molecule has 0 amide bonds. The van der Waals surface area contributed by atoms with E-state index in [4.69, 9.17) is 0 Å². The van der Waals surface area contributed by atoms with E-state index >= 15 is 0 Å². The van der Waals surface area contributed by atoms with Crippen LogP contribution in [0.4, 0.5) is 23.2 Å². The summed E-state index contributed by atoms with van der Waals surface area (Å²) in [7, 11) is -3.71. The quantitative estimate of drug-likeness (QED) is 0.468. The van der Waals surface area contributed by atoms with Crippen molar-refractivity contribution in [3.63, 3.8) is 0 Å². The first kappa shape index (κ1) is 25.6. The first-order valence-electron chi connectivity index (χ1n) is 10.8. The van der Waals surface area contributed by atoms with Crippen molar-refractivity contribution in [2.75, 3.05) is 24.5 Å². The number of rotatable bonds is 6. The third-order valence-electron chi connectivity index (χ3n) is 6.21. The Bertz CT molecular complexity index is 1260. The minimum absolute atomic E-state index is 0.124. The zero-order valence-corrected chi connectivity index (χ0v) is 20.4. The molecule has 3 aromatic rings. The van der Waals surface area contributed by atoms with Gasteiger partial charge in [-0.25, -0.2) is 12.8 Å².